The molecule has 3 nitrogen and oxygen atoms in total. The number of thioether (sulfide) groups is 1. The molecule has 104 valence electrons. The number of nitrogens with zero attached hydrogens (tertiary/aromatic N) is 2. The van der Waals surface area contributed by atoms with Gasteiger partial charge in [0.05, 0.1) is 11.4 Å². The van der Waals surface area contributed by atoms with Crippen LogP contribution in [0.2, 0.25) is 0 Å². The minimum Gasteiger partial charge on any atom is -0.302 e. The summed E-state index contributed by atoms with van der Waals surface area (Å²) < 4.78 is 0. The van der Waals surface area contributed by atoms with Crippen LogP contribution in [0.25, 0.3) is 0 Å². The summed E-state index contributed by atoms with van der Waals surface area (Å²) in [5.41, 5.74) is 3.46. The van der Waals surface area contributed by atoms with Gasteiger partial charge < -0.3 is 5.32 Å². The van der Waals surface area contributed by atoms with Crippen molar-refractivity contribution >= 4 is 11.8 Å². The summed E-state index contributed by atoms with van der Waals surface area (Å²) in [6.07, 6.45) is 4.68. The van der Waals surface area contributed by atoms with E-state index in [1.165, 1.54) is 16.2 Å². The lowest BCUT2D eigenvalue weighted by Crippen LogP contribution is -2.28. The van der Waals surface area contributed by atoms with Gasteiger partial charge in [-0.2, -0.15) is 0 Å². The average molecular weight is 285 g/mol. The predicted molar refractivity (Wildman–Crippen MR) is 82.8 cm³/mol. The highest BCUT2D eigenvalue weighted by Crippen LogP contribution is 2.36. The second-order valence-electron chi connectivity index (χ2n) is 5.14. The first-order valence-electron chi connectivity index (χ1n) is 7.01. The van der Waals surface area contributed by atoms with Crippen LogP contribution >= 0.6 is 11.8 Å². The van der Waals surface area contributed by atoms with Crippen molar-refractivity contribution < 1.29 is 0 Å². The average Bonchev–Trinajstić information content (AvgIpc) is 2.48. The molecule has 0 spiro atoms. The fraction of sp³-hybridized carbons (Fsp3) is 0.375. The predicted octanol–water partition coefficient (Wildman–Crippen LogP) is 3.67. The fourth-order valence-corrected chi connectivity index (χ4v) is 3.86. The van der Waals surface area contributed by atoms with E-state index in [0.717, 1.165) is 17.8 Å². The van der Waals surface area contributed by atoms with Crippen LogP contribution in [0.15, 0.2) is 41.6 Å². The van der Waals surface area contributed by atoms with Crippen molar-refractivity contribution in [3.63, 3.8) is 0 Å². The number of rotatable bonds is 3. The summed E-state index contributed by atoms with van der Waals surface area (Å²) in [5.74, 6) is 1.17. The Bertz CT molecular complexity index is 600. The number of fused-ring (bicyclic) bond motifs is 1. The number of aryl methyl sites for hydroxylation is 1. The van der Waals surface area contributed by atoms with Crippen molar-refractivity contribution in [2.75, 3.05) is 5.75 Å². The maximum Gasteiger partial charge on any atom is 0.0782 e. The standard InChI is InChI=1S/C16H19N3S/c1-11-16(18-9-8-17-11)12(2)19-14-7-10-20-15-6-4-3-5-13(14)15/h3-6,8-9,12,14,19H,7,10H2,1-2H3. The van der Waals surface area contributed by atoms with Gasteiger partial charge in [0.15, 0.2) is 0 Å². The fourth-order valence-electron chi connectivity index (χ4n) is 2.74. The van der Waals surface area contributed by atoms with Crippen LogP contribution in [0.4, 0.5) is 0 Å². The molecule has 2 heterocycles. The summed E-state index contributed by atoms with van der Waals surface area (Å²) in [6, 6.07) is 9.30. The van der Waals surface area contributed by atoms with Crippen LogP contribution in [0.1, 0.15) is 42.4 Å². The van der Waals surface area contributed by atoms with Crippen molar-refractivity contribution in [1.29, 1.82) is 0 Å². The molecule has 1 aliphatic rings. The molecule has 1 aliphatic heterocycles. The number of aromatic nitrogens is 2. The van der Waals surface area contributed by atoms with Crippen LogP contribution in [0.5, 0.6) is 0 Å². The lowest BCUT2D eigenvalue weighted by atomic mass is 10.0. The molecule has 0 bridgehead atoms. The van der Waals surface area contributed by atoms with Crippen LogP contribution in [-0.4, -0.2) is 15.7 Å². The van der Waals surface area contributed by atoms with Crippen molar-refractivity contribution in [2.45, 2.75) is 37.2 Å². The second kappa shape index (κ2) is 5.94. The second-order valence-corrected chi connectivity index (χ2v) is 6.28. The topological polar surface area (TPSA) is 37.8 Å². The number of hydrogen-bond donors (Lipinski definition) is 1. The lowest BCUT2D eigenvalue weighted by molar-refractivity contribution is 0.441. The van der Waals surface area contributed by atoms with Gasteiger partial charge in [-0.15, -0.1) is 11.8 Å². The summed E-state index contributed by atoms with van der Waals surface area (Å²) in [4.78, 5) is 10.2. The van der Waals surface area contributed by atoms with E-state index in [0.29, 0.717) is 6.04 Å². The molecule has 1 aromatic carbocycles. The SMILES string of the molecule is Cc1nccnc1C(C)NC1CCSc2ccccc21. The molecule has 0 saturated heterocycles. The number of hydrogen-bond acceptors (Lipinski definition) is 4. The van der Waals surface area contributed by atoms with Crippen LogP contribution in [-0.2, 0) is 0 Å². The molecule has 3 rings (SSSR count). The zero-order chi connectivity index (χ0) is 13.9. The third kappa shape index (κ3) is 2.72. The summed E-state index contributed by atoms with van der Waals surface area (Å²) in [5, 5.41) is 3.72. The number of benzene rings is 1. The summed E-state index contributed by atoms with van der Waals surface area (Å²) in [6.45, 7) is 4.19. The Balaban J connectivity index is 1.81. The Labute approximate surface area is 124 Å². The maximum absolute atomic E-state index is 4.47. The quantitative estimate of drug-likeness (QED) is 0.933. The van der Waals surface area contributed by atoms with E-state index in [1.54, 1.807) is 12.4 Å². The Morgan fingerprint density at radius 1 is 1.25 bits per heavy atom. The molecule has 0 amide bonds. The van der Waals surface area contributed by atoms with Crippen molar-refractivity contribution in [3.8, 4) is 0 Å². The Kier molecular flexibility index (Phi) is 4.03. The van der Waals surface area contributed by atoms with E-state index in [1.807, 2.05) is 18.7 Å². The molecule has 2 unspecified atom stereocenters. The molecule has 4 heteroatoms. The van der Waals surface area contributed by atoms with E-state index in [4.69, 9.17) is 0 Å². The maximum atomic E-state index is 4.47. The van der Waals surface area contributed by atoms with Crippen LogP contribution in [0, 0.1) is 6.92 Å². The highest BCUT2D eigenvalue weighted by molar-refractivity contribution is 7.99. The zero-order valence-electron chi connectivity index (χ0n) is 11.8. The molecule has 0 radical (unpaired) electrons. The van der Waals surface area contributed by atoms with Crippen molar-refractivity contribution in [3.05, 3.63) is 53.6 Å². The molecule has 20 heavy (non-hydrogen) atoms. The summed E-state index contributed by atoms with van der Waals surface area (Å²) >= 11 is 1.95. The van der Waals surface area contributed by atoms with Gasteiger partial charge in [0.1, 0.15) is 0 Å². The van der Waals surface area contributed by atoms with E-state index in [9.17, 15) is 0 Å². The van der Waals surface area contributed by atoms with Crippen molar-refractivity contribution in [2.24, 2.45) is 0 Å². The first-order valence-corrected chi connectivity index (χ1v) is 7.99. The first-order chi connectivity index (χ1) is 9.75. The smallest absolute Gasteiger partial charge is 0.0782 e. The highest BCUT2D eigenvalue weighted by Gasteiger charge is 2.23. The van der Waals surface area contributed by atoms with Gasteiger partial charge in [0.2, 0.25) is 0 Å². The molecule has 0 saturated carbocycles. The Morgan fingerprint density at radius 3 is 2.90 bits per heavy atom. The van der Waals surface area contributed by atoms with Gasteiger partial charge in [0.25, 0.3) is 0 Å². The van der Waals surface area contributed by atoms with Crippen molar-refractivity contribution in [1.82, 2.24) is 15.3 Å². The molecular weight excluding hydrogens is 266 g/mol. The van der Waals surface area contributed by atoms with Gasteiger partial charge in [-0.25, -0.2) is 0 Å². The zero-order valence-corrected chi connectivity index (χ0v) is 12.7. The third-order valence-electron chi connectivity index (χ3n) is 3.74. The normalized spacial score (nSPS) is 19.4. The Morgan fingerprint density at radius 2 is 2.05 bits per heavy atom. The molecule has 0 fully saturated rings. The Hall–Kier alpha value is -1.39. The van der Waals surface area contributed by atoms with Gasteiger partial charge in [0, 0.05) is 29.4 Å². The minimum absolute atomic E-state index is 0.213. The first kappa shape index (κ1) is 13.6. The lowest BCUT2D eigenvalue weighted by Gasteiger charge is -2.29. The summed E-state index contributed by atoms with van der Waals surface area (Å²) in [7, 11) is 0. The molecule has 1 aromatic heterocycles. The van der Waals surface area contributed by atoms with Crippen LogP contribution < -0.4 is 5.32 Å². The molecule has 0 aliphatic carbocycles. The van der Waals surface area contributed by atoms with Gasteiger partial charge >= 0.3 is 0 Å². The monoisotopic (exact) mass is 285 g/mol. The van der Waals surface area contributed by atoms with E-state index < -0.39 is 0 Å². The minimum atomic E-state index is 0.213. The molecular formula is C16H19N3S. The van der Waals surface area contributed by atoms with E-state index in [2.05, 4.69) is 46.5 Å². The van der Waals surface area contributed by atoms with E-state index in [-0.39, 0.29) is 6.04 Å². The van der Waals surface area contributed by atoms with Gasteiger partial charge in [-0.1, -0.05) is 18.2 Å². The molecule has 1 N–H and O–H groups in total. The number of nitrogens with one attached hydrogen (secondary N) is 1. The van der Waals surface area contributed by atoms with Gasteiger partial charge in [-0.3, -0.25) is 9.97 Å². The van der Waals surface area contributed by atoms with Gasteiger partial charge in [-0.05, 0) is 37.7 Å². The van der Waals surface area contributed by atoms with Crippen LogP contribution in [0.3, 0.4) is 0 Å². The molecule has 2 atom stereocenters. The highest BCUT2D eigenvalue weighted by atomic mass is 32.2. The molecule has 2 aromatic rings. The largest absolute Gasteiger partial charge is 0.302 e. The van der Waals surface area contributed by atoms with E-state index >= 15 is 0 Å². The third-order valence-corrected chi connectivity index (χ3v) is 4.86.